The Hall–Kier alpha value is -3.09. The molecule has 2 amide bonds. The summed E-state index contributed by atoms with van der Waals surface area (Å²) in [6.07, 6.45) is 8.20. The van der Waals surface area contributed by atoms with E-state index in [0.29, 0.717) is 22.7 Å². The summed E-state index contributed by atoms with van der Waals surface area (Å²) in [5, 5.41) is 5.86. The zero-order valence-electron chi connectivity index (χ0n) is 16.9. The second kappa shape index (κ2) is 9.91. The number of aromatic nitrogens is 1. The van der Waals surface area contributed by atoms with Gasteiger partial charge in [-0.05, 0) is 37.1 Å². The Morgan fingerprint density at radius 1 is 0.966 bits per heavy atom. The summed E-state index contributed by atoms with van der Waals surface area (Å²) >= 11 is 0. The van der Waals surface area contributed by atoms with E-state index in [1.807, 2.05) is 0 Å². The highest BCUT2D eigenvalue weighted by Gasteiger charge is 2.18. The summed E-state index contributed by atoms with van der Waals surface area (Å²) in [6, 6.07) is 8.42. The molecule has 7 nitrogen and oxygen atoms in total. The summed E-state index contributed by atoms with van der Waals surface area (Å²) in [5.74, 6) is 0.503. The van der Waals surface area contributed by atoms with Crippen LogP contribution in [-0.4, -0.2) is 37.1 Å². The predicted octanol–water partition coefficient (Wildman–Crippen LogP) is 3.80. The van der Waals surface area contributed by atoms with Gasteiger partial charge in [-0.25, -0.2) is 0 Å². The zero-order chi connectivity index (χ0) is 20.6. The summed E-state index contributed by atoms with van der Waals surface area (Å²) < 4.78 is 10.5. The number of hydrogen-bond donors (Lipinski definition) is 2. The van der Waals surface area contributed by atoms with Gasteiger partial charge in [0.25, 0.3) is 11.8 Å². The normalized spacial score (nSPS) is 14.6. The van der Waals surface area contributed by atoms with Crippen molar-refractivity contribution in [1.29, 1.82) is 0 Å². The Kier molecular flexibility index (Phi) is 7.05. The standard InChI is InChI=1S/C22H27N3O4/c1-28-17-9-10-18(20(14-17)29-2)25-22(27)19-13-15(11-12-23-19)21(26)24-16-7-5-3-4-6-8-16/h9-14,16H,3-8H2,1-2H3,(H,24,26)(H,25,27). The van der Waals surface area contributed by atoms with Crippen LogP contribution in [0.25, 0.3) is 0 Å². The Labute approximate surface area is 170 Å². The lowest BCUT2D eigenvalue weighted by Gasteiger charge is -2.16. The number of methoxy groups -OCH3 is 2. The average molecular weight is 397 g/mol. The molecule has 2 aromatic rings. The third-order valence-corrected chi connectivity index (χ3v) is 5.10. The summed E-state index contributed by atoms with van der Waals surface area (Å²) in [6.45, 7) is 0. The lowest BCUT2D eigenvalue weighted by Crippen LogP contribution is -2.34. The van der Waals surface area contributed by atoms with E-state index in [1.165, 1.54) is 32.2 Å². The number of amides is 2. The van der Waals surface area contributed by atoms with Crippen molar-refractivity contribution in [2.45, 2.75) is 44.6 Å². The molecule has 7 heteroatoms. The summed E-state index contributed by atoms with van der Waals surface area (Å²) in [4.78, 5) is 29.4. The first kappa shape index (κ1) is 20.6. The lowest BCUT2D eigenvalue weighted by atomic mass is 10.1. The van der Waals surface area contributed by atoms with Crippen molar-refractivity contribution in [1.82, 2.24) is 10.3 Å². The molecule has 1 aliphatic carbocycles. The number of nitrogens with one attached hydrogen (secondary N) is 2. The van der Waals surface area contributed by atoms with Gasteiger partial charge >= 0.3 is 0 Å². The molecule has 0 saturated heterocycles. The topological polar surface area (TPSA) is 89.5 Å². The molecular formula is C22H27N3O4. The summed E-state index contributed by atoms with van der Waals surface area (Å²) in [5.41, 5.74) is 1.08. The van der Waals surface area contributed by atoms with Gasteiger partial charge in [0.15, 0.2) is 0 Å². The van der Waals surface area contributed by atoms with Crippen LogP contribution < -0.4 is 20.1 Å². The smallest absolute Gasteiger partial charge is 0.274 e. The number of carbonyl (C=O) groups excluding carboxylic acids is 2. The van der Waals surface area contributed by atoms with Gasteiger partial charge in [0.1, 0.15) is 17.2 Å². The fraction of sp³-hybridized carbons (Fsp3) is 0.409. The fourth-order valence-corrected chi connectivity index (χ4v) is 3.48. The molecule has 154 valence electrons. The van der Waals surface area contributed by atoms with Gasteiger partial charge in [-0.3, -0.25) is 14.6 Å². The number of carbonyl (C=O) groups is 2. The Balaban J connectivity index is 1.70. The van der Waals surface area contributed by atoms with Crippen molar-refractivity contribution in [3.63, 3.8) is 0 Å². The number of nitrogens with zero attached hydrogens (tertiary/aromatic N) is 1. The molecule has 0 spiro atoms. The van der Waals surface area contributed by atoms with Crippen LogP contribution >= 0.6 is 0 Å². The van der Waals surface area contributed by atoms with Crippen LogP contribution in [0.4, 0.5) is 5.69 Å². The highest BCUT2D eigenvalue weighted by molar-refractivity contribution is 6.05. The first-order valence-electron chi connectivity index (χ1n) is 9.91. The molecule has 1 heterocycles. The monoisotopic (exact) mass is 397 g/mol. The van der Waals surface area contributed by atoms with Crippen molar-refractivity contribution in [2.75, 3.05) is 19.5 Å². The summed E-state index contributed by atoms with van der Waals surface area (Å²) in [7, 11) is 3.07. The third kappa shape index (κ3) is 5.47. The molecule has 0 aliphatic heterocycles. The quantitative estimate of drug-likeness (QED) is 0.724. The van der Waals surface area contributed by atoms with Crippen LogP contribution in [0.3, 0.4) is 0 Å². The SMILES string of the molecule is COc1ccc(NC(=O)c2cc(C(=O)NC3CCCCCC3)ccn2)c(OC)c1. The van der Waals surface area contributed by atoms with Gasteiger partial charge in [-0.2, -0.15) is 0 Å². The van der Waals surface area contributed by atoms with Crippen molar-refractivity contribution in [2.24, 2.45) is 0 Å². The van der Waals surface area contributed by atoms with Gasteiger partial charge in [0.2, 0.25) is 0 Å². The highest BCUT2D eigenvalue weighted by atomic mass is 16.5. The van der Waals surface area contributed by atoms with E-state index in [9.17, 15) is 9.59 Å². The van der Waals surface area contributed by atoms with E-state index in [0.717, 1.165) is 25.7 Å². The molecule has 0 atom stereocenters. The van der Waals surface area contributed by atoms with Crippen LogP contribution in [0.15, 0.2) is 36.5 Å². The molecule has 0 bridgehead atoms. The van der Waals surface area contributed by atoms with E-state index in [2.05, 4.69) is 15.6 Å². The molecule has 29 heavy (non-hydrogen) atoms. The van der Waals surface area contributed by atoms with Gasteiger partial charge in [-0.15, -0.1) is 0 Å². The molecular weight excluding hydrogens is 370 g/mol. The minimum absolute atomic E-state index is 0.163. The van der Waals surface area contributed by atoms with Gasteiger partial charge < -0.3 is 20.1 Å². The van der Waals surface area contributed by atoms with Crippen molar-refractivity contribution in [3.8, 4) is 11.5 Å². The maximum atomic E-state index is 12.7. The maximum absolute atomic E-state index is 12.7. The average Bonchev–Trinajstić information content (AvgIpc) is 3.02. The highest BCUT2D eigenvalue weighted by Crippen LogP contribution is 2.29. The van der Waals surface area contributed by atoms with Crippen LogP contribution in [0, 0.1) is 0 Å². The van der Waals surface area contributed by atoms with Crippen molar-refractivity contribution in [3.05, 3.63) is 47.8 Å². The number of hydrogen-bond acceptors (Lipinski definition) is 5. The van der Waals surface area contributed by atoms with Crippen molar-refractivity contribution >= 4 is 17.5 Å². The predicted molar refractivity (Wildman–Crippen MR) is 111 cm³/mol. The van der Waals surface area contributed by atoms with E-state index in [1.54, 1.807) is 31.4 Å². The number of pyridine rings is 1. The number of benzene rings is 1. The van der Waals surface area contributed by atoms with Crippen molar-refractivity contribution < 1.29 is 19.1 Å². The molecule has 1 aromatic heterocycles. The number of rotatable bonds is 6. The van der Waals surface area contributed by atoms with Gasteiger partial charge in [0, 0.05) is 23.9 Å². The van der Waals surface area contributed by atoms with Crippen LogP contribution in [0.1, 0.15) is 59.4 Å². The second-order valence-corrected chi connectivity index (χ2v) is 7.11. The minimum atomic E-state index is -0.419. The second-order valence-electron chi connectivity index (χ2n) is 7.11. The van der Waals surface area contributed by atoms with Crippen LogP contribution in [-0.2, 0) is 0 Å². The molecule has 1 saturated carbocycles. The minimum Gasteiger partial charge on any atom is -0.497 e. The first-order valence-corrected chi connectivity index (χ1v) is 9.91. The van der Waals surface area contributed by atoms with Gasteiger partial charge in [-0.1, -0.05) is 25.7 Å². The Morgan fingerprint density at radius 3 is 2.41 bits per heavy atom. The lowest BCUT2D eigenvalue weighted by molar-refractivity contribution is 0.0933. The van der Waals surface area contributed by atoms with Gasteiger partial charge in [0.05, 0.1) is 19.9 Å². The fourth-order valence-electron chi connectivity index (χ4n) is 3.48. The van der Waals surface area contributed by atoms with E-state index in [-0.39, 0.29) is 17.6 Å². The molecule has 3 rings (SSSR count). The molecule has 2 N–H and O–H groups in total. The number of ether oxygens (including phenoxy) is 2. The first-order chi connectivity index (χ1) is 14.1. The molecule has 0 unspecified atom stereocenters. The van der Waals surface area contributed by atoms with Crippen LogP contribution in [0.2, 0.25) is 0 Å². The molecule has 1 aliphatic rings. The maximum Gasteiger partial charge on any atom is 0.274 e. The van der Waals surface area contributed by atoms with Crippen LogP contribution in [0.5, 0.6) is 11.5 Å². The Morgan fingerprint density at radius 2 is 1.72 bits per heavy atom. The zero-order valence-corrected chi connectivity index (χ0v) is 16.9. The third-order valence-electron chi connectivity index (χ3n) is 5.10. The van der Waals surface area contributed by atoms with E-state index < -0.39 is 5.91 Å². The van der Waals surface area contributed by atoms with E-state index in [4.69, 9.17) is 9.47 Å². The molecule has 1 fully saturated rings. The van der Waals surface area contributed by atoms with E-state index >= 15 is 0 Å². The Bertz CT molecular complexity index is 861. The number of anilines is 1. The molecule has 0 radical (unpaired) electrons. The molecule has 1 aromatic carbocycles. The largest absolute Gasteiger partial charge is 0.497 e.